The first-order valence-corrected chi connectivity index (χ1v) is 4.41. The van der Waals surface area contributed by atoms with Gasteiger partial charge in [-0.1, -0.05) is 0 Å². The molecule has 5 heteroatoms. The maximum absolute atomic E-state index is 11.0. The van der Waals surface area contributed by atoms with Crippen LogP contribution in [0, 0.1) is 0 Å². The van der Waals surface area contributed by atoms with Crippen LogP contribution in [0.1, 0.15) is 10.4 Å². The summed E-state index contributed by atoms with van der Waals surface area (Å²) in [4.78, 5) is 17.9. The minimum absolute atomic E-state index is 0.406. The van der Waals surface area contributed by atoms with Crippen LogP contribution in [0.4, 0.5) is 0 Å². The highest BCUT2D eigenvalue weighted by Gasteiger charge is 2.10. The van der Waals surface area contributed by atoms with Crippen molar-refractivity contribution in [2.24, 2.45) is 5.73 Å². The van der Waals surface area contributed by atoms with E-state index in [2.05, 4.69) is 25.9 Å². The van der Waals surface area contributed by atoms with Crippen LogP contribution in [-0.2, 0) is 0 Å². The van der Waals surface area contributed by atoms with Crippen LogP contribution in [0.3, 0.4) is 0 Å². The number of hydrogen-bond acceptors (Lipinski definition) is 2. The van der Waals surface area contributed by atoms with E-state index in [4.69, 9.17) is 5.73 Å². The van der Waals surface area contributed by atoms with Crippen molar-refractivity contribution in [3.8, 4) is 0 Å². The average molecular weight is 240 g/mol. The molecule has 0 aliphatic rings. The predicted molar refractivity (Wildman–Crippen MR) is 52.3 cm³/mol. The average Bonchev–Trinajstić information content (AvgIpc) is 2.53. The second kappa shape index (κ2) is 2.85. The van der Waals surface area contributed by atoms with Gasteiger partial charge in [0.1, 0.15) is 4.60 Å². The lowest BCUT2D eigenvalue weighted by atomic mass is 10.2. The molecule has 2 heterocycles. The molecule has 2 rings (SSSR count). The molecule has 4 nitrogen and oxygen atoms in total. The van der Waals surface area contributed by atoms with Gasteiger partial charge in [0.25, 0.3) is 5.91 Å². The minimum Gasteiger partial charge on any atom is -0.365 e. The van der Waals surface area contributed by atoms with Crippen LogP contribution in [0.25, 0.3) is 10.9 Å². The van der Waals surface area contributed by atoms with Gasteiger partial charge in [0.2, 0.25) is 0 Å². The SMILES string of the molecule is NC(=O)c1cnc(Br)c2cc[nH]c12. The number of halogens is 1. The summed E-state index contributed by atoms with van der Waals surface area (Å²) in [6.45, 7) is 0. The highest BCUT2D eigenvalue weighted by molar-refractivity contribution is 9.10. The van der Waals surface area contributed by atoms with E-state index in [1.807, 2.05) is 6.07 Å². The maximum Gasteiger partial charge on any atom is 0.252 e. The Balaban J connectivity index is 2.86. The third-order valence-electron chi connectivity index (χ3n) is 1.81. The zero-order valence-electron chi connectivity index (χ0n) is 6.54. The number of pyridine rings is 1. The summed E-state index contributed by atoms with van der Waals surface area (Å²) in [5.74, 6) is -0.479. The van der Waals surface area contributed by atoms with E-state index in [-0.39, 0.29) is 0 Å². The Labute approximate surface area is 82.3 Å². The molecular formula is C8H6BrN3O. The van der Waals surface area contributed by atoms with Gasteiger partial charge in [-0.15, -0.1) is 0 Å². The van der Waals surface area contributed by atoms with E-state index in [9.17, 15) is 4.79 Å². The normalized spacial score (nSPS) is 10.5. The van der Waals surface area contributed by atoms with Crippen molar-refractivity contribution in [3.63, 3.8) is 0 Å². The maximum atomic E-state index is 11.0. The van der Waals surface area contributed by atoms with E-state index < -0.39 is 5.91 Å². The van der Waals surface area contributed by atoms with Crippen LogP contribution in [0.15, 0.2) is 23.1 Å². The van der Waals surface area contributed by atoms with Gasteiger partial charge in [0.05, 0.1) is 11.1 Å². The first-order chi connectivity index (χ1) is 6.20. The fourth-order valence-corrected chi connectivity index (χ4v) is 1.64. The molecule has 0 saturated heterocycles. The van der Waals surface area contributed by atoms with Crippen LogP contribution < -0.4 is 5.73 Å². The number of hydrogen-bond donors (Lipinski definition) is 2. The summed E-state index contributed by atoms with van der Waals surface area (Å²) in [5, 5.41) is 0.858. The van der Waals surface area contributed by atoms with E-state index in [1.165, 1.54) is 6.20 Å². The number of nitrogens with zero attached hydrogens (tertiary/aromatic N) is 1. The number of nitrogens with two attached hydrogens (primary N) is 1. The summed E-state index contributed by atoms with van der Waals surface area (Å²) in [7, 11) is 0. The van der Waals surface area contributed by atoms with Crippen molar-refractivity contribution in [3.05, 3.63) is 28.6 Å². The Morgan fingerprint density at radius 1 is 1.62 bits per heavy atom. The Kier molecular flexibility index (Phi) is 1.81. The molecule has 1 amide bonds. The lowest BCUT2D eigenvalue weighted by Gasteiger charge is -1.98. The Hall–Kier alpha value is -1.36. The molecule has 0 aromatic carbocycles. The highest BCUT2D eigenvalue weighted by Crippen LogP contribution is 2.22. The molecule has 0 saturated carbocycles. The Morgan fingerprint density at radius 3 is 3.08 bits per heavy atom. The molecular weight excluding hydrogens is 234 g/mol. The zero-order valence-corrected chi connectivity index (χ0v) is 8.13. The number of aromatic amines is 1. The number of H-pyrrole nitrogens is 1. The molecule has 2 aromatic rings. The van der Waals surface area contributed by atoms with Gasteiger partial charge in [-0.25, -0.2) is 4.98 Å². The van der Waals surface area contributed by atoms with Crippen LogP contribution in [-0.4, -0.2) is 15.9 Å². The lowest BCUT2D eigenvalue weighted by molar-refractivity contribution is 0.100. The second-order valence-corrected chi connectivity index (χ2v) is 3.34. The van der Waals surface area contributed by atoms with E-state index in [0.29, 0.717) is 10.2 Å². The summed E-state index contributed by atoms with van der Waals surface area (Å²) in [6, 6.07) is 1.83. The summed E-state index contributed by atoms with van der Waals surface area (Å²) in [5.41, 5.74) is 6.30. The van der Waals surface area contributed by atoms with Crippen LogP contribution >= 0.6 is 15.9 Å². The quantitative estimate of drug-likeness (QED) is 0.740. The van der Waals surface area contributed by atoms with Gasteiger partial charge >= 0.3 is 0 Å². The highest BCUT2D eigenvalue weighted by atomic mass is 79.9. The van der Waals surface area contributed by atoms with Gasteiger partial charge in [-0.3, -0.25) is 4.79 Å². The van der Waals surface area contributed by atoms with E-state index in [1.54, 1.807) is 6.20 Å². The van der Waals surface area contributed by atoms with Crippen molar-refractivity contribution >= 4 is 32.7 Å². The van der Waals surface area contributed by atoms with Crippen LogP contribution in [0.2, 0.25) is 0 Å². The molecule has 0 spiro atoms. The molecule has 3 N–H and O–H groups in total. The van der Waals surface area contributed by atoms with Crippen molar-refractivity contribution in [1.29, 1.82) is 0 Å². The molecule has 0 aliphatic carbocycles. The third-order valence-corrected chi connectivity index (χ3v) is 2.44. The second-order valence-electron chi connectivity index (χ2n) is 2.59. The smallest absolute Gasteiger partial charge is 0.252 e. The van der Waals surface area contributed by atoms with Crippen molar-refractivity contribution in [2.45, 2.75) is 0 Å². The van der Waals surface area contributed by atoms with Gasteiger partial charge in [-0.05, 0) is 22.0 Å². The number of fused-ring (bicyclic) bond motifs is 1. The third kappa shape index (κ3) is 1.21. The Morgan fingerprint density at radius 2 is 2.38 bits per heavy atom. The van der Waals surface area contributed by atoms with Crippen LogP contribution in [0.5, 0.6) is 0 Å². The molecule has 0 atom stereocenters. The summed E-state index contributed by atoms with van der Waals surface area (Å²) < 4.78 is 0.703. The van der Waals surface area contributed by atoms with Crippen molar-refractivity contribution < 1.29 is 4.79 Å². The first-order valence-electron chi connectivity index (χ1n) is 3.61. The zero-order chi connectivity index (χ0) is 9.42. The standard InChI is InChI=1S/C8H6BrN3O/c9-7-4-1-2-11-6(4)5(3-12-7)8(10)13/h1-3,11H,(H2,10,13). The molecule has 2 aromatic heterocycles. The fourth-order valence-electron chi connectivity index (χ4n) is 1.21. The summed E-state index contributed by atoms with van der Waals surface area (Å²) in [6.07, 6.45) is 3.19. The molecule has 0 radical (unpaired) electrons. The summed E-state index contributed by atoms with van der Waals surface area (Å²) >= 11 is 3.28. The number of amides is 1. The van der Waals surface area contributed by atoms with E-state index >= 15 is 0 Å². The molecule has 0 aliphatic heterocycles. The van der Waals surface area contributed by atoms with Gasteiger partial charge in [0, 0.05) is 17.8 Å². The van der Waals surface area contributed by atoms with Gasteiger partial charge in [-0.2, -0.15) is 0 Å². The van der Waals surface area contributed by atoms with Gasteiger partial charge in [0.15, 0.2) is 0 Å². The number of nitrogens with one attached hydrogen (secondary N) is 1. The number of aromatic nitrogens is 2. The lowest BCUT2D eigenvalue weighted by Crippen LogP contribution is -2.11. The minimum atomic E-state index is -0.479. The number of rotatable bonds is 1. The molecule has 0 fully saturated rings. The molecule has 13 heavy (non-hydrogen) atoms. The van der Waals surface area contributed by atoms with Gasteiger partial charge < -0.3 is 10.7 Å². The number of primary amides is 1. The predicted octanol–water partition coefficient (Wildman–Crippen LogP) is 1.42. The van der Waals surface area contributed by atoms with Crippen molar-refractivity contribution in [1.82, 2.24) is 9.97 Å². The number of carbonyl (C=O) groups is 1. The monoisotopic (exact) mass is 239 g/mol. The fraction of sp³-hybridized carbons (Fsp3) is 0. The van der Waals surface area contributed by atoms with E-state index in [0.717, 1.165) is 10.9 Å². The molecule has 66 valence electrons. The molecule has 0 unspecified atom stereocenters. The Bertz CT molecular complexity index is 477. The topological polar surface area (TPSA) is 71.8 Å². The van der Waals surface area contributed by atoms with Crippen molar-refractivity contribution in [2.75, 3.05) is 0 Å². The first kappa shape index (κ1) is 8.25. The molecule has 0 bridgehead atoms. The number of carbonyl (C=O) groups excluding carboxylic acids is 1. The largest absolute Gasteiger partial charge is 0.365 e.